The monoisotopic (exact) mass is 345 g/mol. The van der Waals surface area contributed by atoms with Crippen LogP contribution in [0.5, 0.6) is 0 Å². The number of hydrogen-bond acceptors (Lipinski definition) is 5. The van der Waals surface area contributed by atoms with Crippen LogP contribution in [0.15, 0.2) is 30.3 Å². The first-order chi connectivity index (χ1) is 11.5. The maximum Gasteiger partial charge on any atom is 0.274 e. The summed E-state index contributed by atoms with van der Waals surface area (Å²) in [4.78, 5) is 25.7. The fourth-order valence-corrected chi connectivity index (χ4v) is 2.80. The molecule has 1 N–H and O–H groups in total. The summed E-state index contributed by atoms with van der Waals surface area (Å²) in [5, 5.41) is 3.30. The SMILES string of the molecule is Cc1nc(C(=O)Nc2ccccc2Cl)cc(N2CCN(C)CC2)n1. The zero-order valence-corrected chi connectivity index (χ0v) is 14.5. The number of likely N-dealkylation sites (N-methyl/N-ethyl adjacent to an activating group) is 1. The number of aryl methyl sites for hydroxylation is 1. The molecule has 1 aromatic heterocycles. The lowest BCUT2D eigenvalue weighted by atomic mass is 10.2. The zero-order valence-electron chi connectivity index (χ0n) is 13.8. The Bertz CT molecular complexity index is 744. The summed E-state index contributed by atoms with van der Waals surface area (Å²) >= 11 is 6.09. The third-order valence-corrected chi connectivity index (χ3v) is 4.34. The number of aromatic nitrogens is 2. The number of rotatable bonds is 3. The highest BCUT2D eigenvalue weighted by molar-refractivity contribution is 6.33. The number of carbonyl (C=O) groups excluding carboxylic acids is 1. The topological polar surface area (TPSA) is 61.4 Å². The summed E-state index contributed by atoms with van der Waals surface area (Å²) in [5.74, 6) is 1.08. The van der Waals surface area contributed by atoms with Crippen molar-refractivity contribution in [1.29, 1.82) is 0 Å². The molecule has 24 heavy (non-hydrogen) atoms. The number of nitrogens with one attached hydrogen (secondary N) is 1. The van der Waals surface area contributed by atoms with Crippen LogP contribution in [0.1, 0.15) is 16.3 Å². The average Bonchev–Trinajstić information content (AvgIpc) is 2.57. The van der Waals surface area contributed by atoms with Gasteiger partial charge in [0.05, 0.1) is 10.7 Å². The van der Waals surface area contributed by atoms with Gasteiger partial charge in [0.1, 0.15) is 17.3 Å². The average molecular weight is 346 g/mol. The second kappa shape index (κ2) is 7.15. The zero-order chi connectivity index (χ0) is 17.1. The molecule has 1 aliphatic heterocycles. The van der Waals surface area contributed by atoms with Crippen LogP contribution in [-0.4, -0.2) is 54.0 Å². The smallest absolute Gasteiger partial charge is 0.274 e. The van der Waals surface area contributed by atoms with Crippen molar-refractivity contribution in [2.45, 2.75) is 6.92 Å². The minimum atomic E-state index is -0.288. The van der Waals surface area contributed by atoms with E-state index < -0.39 is 0 Å². The van der Waals surface area contributed by atoms with Gasteiger partial charge < -0.3 is 15.1 Å². The fourth-order valence-electron chi connectivity index (χ4n) is 2.61. The van der Waals surface area contributed by atoms with Crippen molar-refractivity contribution in [2.24, 2.45) is 0 Å². The van der Waals surface area contributed by atoms with E-state index in [0.717, 1.165) is 32.0 Å². The lowest BCUT2D eigenvalue weighted by Crippen LogP contribution is -2.45. The normalized spacial score (nSPS) is 15.4. The van der Waals surface area contributed by atoms with E-state index in [9.17, 15) is 4.79 Å². The molecule has 1 aliphatic rings. The maximum atomic E-state index is 12.5. The molecule has 3 rings (SSSR count). The van der Waals surface area contributed by atoms with Gasteiger partial charge in [-0.15, -0.1) is 0 Å². The van der Waals surface area contributed by atoms with Crippen LogP contribution in [0.4, 0.5) is 11.5 Å². The van der Waals surface area contributed by atoms with E-state index in [4.69, 9.17) is 11.6 Å². The summed E-state index contributed by atoms with van der Waals surface area (Å²) in [6, 6.07) is 8.87. The van der Waals surface area contributed by atoms with Gasteiger partial charge in [-0.3, -0.25) is 4.79 Å². The molecule has 1 fully saturated rings. The van der Waals surface area contributed by atoms with Gasteiger partial charge in [0, 0.05) is 32.2 Å². The van der Waals surface area contributed by atoms with E-state index in [1.165, 1.54) is 0 Å². The van der Waals surface area contributed by atoms with Crippen molar-refractivity contribution in [3.8, 4) is 0 Å². The largest absolute Gasteiger partial charge is 0.354 e. The number of piperazine rings is 1. The molecule has 0 bridgehead atoms. The molecule has 2 heterocycles. The highest BCUT2D eigenvalue weighted by atomic mass is 35.5. The Balaban J connectivity index is 1.80. The summed E-state index contributed by atoms with van der Waals surface area (Å²) < 4.78 is 0. The van der Waals surface area contributed by atoms with Crippen LogP contribution in [-0.2, 0) is 0 Å². The Labute approximate surface area is 146 Å². The number of benzene rings is 1. The van der Waals surface area contributed by atoms with Crippen LogP contribution >= 0.6 is 11.6 Å². The van der Waals surface area contributed by atoms with Crippen LogP contribution in [0.3, 0.4) is 0 Å². The maximum absolute atomic E-state index is 12.5. The van der Waals surface area contributed by atoms with E-state index in [1.807, 2.05) is 12.1 Å². The predicted molar refractivity (Wildman–Crippen MR) is 95.9 cm³/mol. The van der Waals surface area contributed by atoms with Gasteiger partial charge >= 0.3 is 0 Å². The molecule has 1 aromatic carbocycles. The number of nitrogens with zero attached hydrogens (tertiary/aromatic N) is 4. The molecular formula is C17H20ClN5O. The van der Waals surface area contributed by atoms with Crippen molar-refractivity contribution < 1.29 is 4.79 Å². The first-order valence-corrected chi connectivity index (χ1v) is 8.26. The van der Waals surface area contributed by atoms with E-state index in [2.05, 4.69) is 32.1 Å². The van der Waals surface area contributed by atoms with Gasteiger partial charge in [-0.05, 0) is 26.1 Å². The Hall–Kier alpha value is -2.18. The van der Waals surface area contributed by atoms with Gasteiger partial charge in [0.2, 0.25) is 0 Å². The molecule has 0 atom stereocenters. The van der Waals surface area contributed by atoms with Gasteiger partial charge in [-0.1, -0.05) is 23.7 Å². The first kappa shape index (κ1) is 16.7. The Kier molecular flexibility index (Phi) is 4.97. The molecule has 0 saturated carbocycles. The van der Waals surface area contributed by atoms with E-state index in [-0.39, 0.29) is 5.91 Å². The lowest BCUT2D eigenvalue weighted by Gasteiger charge is -2.33. The third-order valence-electron chi connectivity index (χ3n) is 4.01. The highest BCUT2D eigenvalue weighted by Gasteiger charge is 2.18. The highest BCUT2D eigenvalue weighted by Crippen LogP contribution is 2.22. The van der Waals surface area contributed by atoms with Gasteiger partial charge in [-0.25, -0.2) is 9.97 Å². The van der Waals surface area contributed by atoms with Gasteiger partial charge in [-0.2, -0.15) is 0 Å². The number of hydrogen-bond donors (Lipinski definition) is 1. The minimum absolute atomic E-state index is 0.288. The second-order valence-corrected chi connectivity index (χ2v) is 6.29. The summed E-state index contributed by atoms with van der Waals surface area (Å²) in [5.41, 5.74) is 0.915. The summed E-state index contributed by atoms with van der Waals surface area (Å²) in [6.45, 7) is 5.53. The van der Waals surface area contributed by atoms with Crippen LogP contribution < -0.4 is 10.2 Å². The third kappa shape index (κ3) is 3.83. The number of para-hydroxylation sites is 1. The molecule has 0 radical (unpaired) electrons. The van der Waals surface area contributed by atoms with Crippen molar-refractivity contribution in [2.75, 3.05) is 43.4 Å². The lowest BCUT2D eigenvalue weighted by molar-refractivity contribution is 0.102. The fraction of sp³-hybridized carbons (Fsp3) is 0.353. The van der Waals surface area contributed by atoms with Crippen molar-refractivity contribution >= 4 is 29.0 Å². The molecule has 1 saturated heterocycles. The van der Waals surface area contributed by atoms with Gasteiger partial charge in [0.15, 0.2) is 0 Å². The van der Waals surface area contributed by atoms with E-state index in [1.54, 1.807) is 25.1 Å². The number of halogens is 1. The van der Waals surface area contributed by atoms with E-state index in [0.29, 0.717) is 22.2 Å². The molecule has 126 valence electrons. The van der Waals surface area contributed by atoms with Crippen molar-refractivity contribution in [3.63, 3.8) is 0 Å². The van der Waals surface area contributed by atoms with Crippen molar-refractivity contribution in [3.05, 3.63) is 46.9 Å². The number of anilines is 2. The van der Waals surface area contributed by atoms with Crippen LogP contribution in [0.25, 0.3) is 0 Å². The summed E-state index contributed by atoms with van der Waals surface area (Å²) in [6.07, 6.45) is 0. The van der Waals surface area contributed by atoms with Crippen LogP contribution in [0.2, 0.25) is 5.02 Å². The molecule has 2 aromatic rings. The Morgan fingerprint density at radius 3 is 2.58 bits per heavy atom. The Morgan fingerprint density at radius 2 is 1.88 bits per heavy atom. The number of carbonyl (C=O) groups is 1. The molecule has 0 unspecified atom stereocenters. The second-order valence-electron chi connectivity index (χ2n) is 5.88. The molecule has 1 amide bonds. The number of amides is 1. The summed E-state index contributed by atoms with van der Waals surface area (Å²) in [7, 11) is 2.10. The predicted octanol–water partition coefficient (Wildman–Crippen LogP) is 2.44. The minimum Gasteiger partial charge on any atom is -0.354 e. The van der Waals surface area contributed by atoms with Gasteiger partial charge in [0.25, 0.3) is 5.91 Å². The van der Waals surface area contributed by atoms with E-state index >= 15 is 0 Å². The van der Waals surface area contributed by atoms with Crippen molar-refractivity contribution in [1.82, 2.24) is 14.9 Å². The van der Waals surface area contributed by atoms with Crippen LogP contribution in [0, 0.1) is 6.92 Å². The standard InChI is InChI=1S/C17H20ClN5O/c1-12-19-15(17(24)21-14-6-4-3-5-13(14)18)11-16(20-12)23-9-7-22(2)8-10-23/h3-6,11H,7-10H2,1-2H3,(H,21,24). The molecule has 7 heteroatoms. The molecule has 0 spiro atoms. The molecule has 6 nitrogen and oxygen atoms in total. The quantitative estimate of drug-likeness (QED) is 0.925. The molecule has 0 aliphatic carbocycles. The Morgan fingerprint density at radius 1 is 1.17 bits per heavy atom. The molecular weight excluding hydrogens is 326 g/mol. The first-order valence-electron chi connectivity index (χ1n) is 7.88.